The zero-order valence-corrected chi connectivity index (χ0v) is 19.1. The first-order valence-electron chi connectivity index (χ1n) is 8.99. The molecule has 30 heavy (non-hydrogen) atoms. The van der Waals surface area contributed by atoms with Gasteiger partial charge < -0.3 is 24.8 Å². The van der Waals surface area contributed by atoms with Crippen LogP contribution >= 0.6 is 27.7 Å². The van der Waals surface area contributed by atoms with Crippen LogP contribution in [0.5, 0.6) is 17.2 Å². The maximum atomic E-state index is 12.6. The van der Waals surface area contributed by atoms with E-state index in [0.29, 0.717) is 27.7 Å². The molecule has 0 saturated carbocycles. The van der Waals surface area contributed by atoms with Crippen molar-refractivity contribution in [1.82, 2.24) is 5.32 Å². The van der Waals surface area contributed by atoms with Crippen LogP contribution in [0.4, 0.5) is 5.69 Å². The summed E-state index contributed by atoms with van der Waals surface area (Å²) in [6.07, 6.45) is 7.09. The van der Waals surface area contributed by atoms with Crippen molar-refractivity contribution < 1.29 is 19.0 Å². The van der Waals surface area contributed by atoms with Crippen molar-refractivity contribution in [3.05, 3.63) is 50.8 Å². The van der Waals surface area contributed by atoms with Crippen LogP contribution in [0.25, 0.3) is 6.08 Å². The SMILES string of the molecule is C#CCOc1c(/C=C2\SC(Nc3cc(C)ccc3OC)NC2=O)cc(Br)cc1OC. The van der Waals surface area contributed by atoms with E-state index < -0.39 is 0 Å². The number of rotatable bonds is 7. The van der Waals surface area contributed by atoms with E-state index in [1.165, 1.54) is 11.8 Å². The molecule has 1 amide bonds. The molecule has 1 saturated heterocycles. The minimum atomic E-state index is -0.344. The summed E-state index contributed by atoms with van der Waals surface area (Å²) in [6.45, 7) is 2.08. The van der Waals surface area contributed by atoms with E-state index in [0.717, 1.165) is 15.7 Å². The van der Waals surface area contributed by atoms with Crippen molar-refractivity contribution in [3.8, 4) is 29.6 Å². The van der Waals surface area contributed by atoms with Crippen molar-refractivity contribution in [3.63, 3.8) is 0 Å². The molecule has 2 aromatic carbocycles. The number of benzene rings is 2. The molecule has 2 aromatic rings. The fraction of sp³-hybridized carbons (Fsp3) is 0.227. The van der Waals surface area contributed by atoms with E-state index in [-0.39, 0.29) is 18.0 Å². The van der Waals surface area contributed by atoms with Crippen molar-refractivity contribution in [2.45, 2.75) is 12.4 Å². The number of methoxy groups -OCH3 is 2. The number of hydrogen-bond acceptors (Lipinski definition) is 6. The molecule has 1 fully saturated rings. The average Bonchev–Trinajstić information content (AvgIpc) is 3.05. The lowest BCUT2D eigenvalue weighted by atomic mass is 10.1. The lowest BCUT2D eigenvalue weighted by molar-refractivity contribution is -0.116. The second-order valence-corrected chi connectivity index (χ2v) is 8.41. The molecule has 1 aliphatic rings. The second kappa shape index (κ2) is 9.83. The fourth-order valence-electron chi connectivity index (χ4n) is 2.90. The Bertz CT molecular complexity index is 1030. The third-order valence-electron chi connectivity index (χ3n) is 4.23. The van der Waals surface area contributed by atoms with Gasteiger partial charge in [-0.1, -0.05) is 39.7 Å². The van der Waals surface area contributed by atoms with Gasteiger partial charge in [-0.3, -0.25) is 4.79 Å². The Morgan fingerprint density at radius 3 is 2.73 bits per heavy atom. The highest BCUT2D eigenvalue weighted by Gasteiger charge is 2.28. The van der Waals surface area contributed by atoms with Gasteiger partial charge in [-0.05, 0) is 42.8 Å². The average molecular weight is 489 g/mol. The van der Waals surface area contributed by atoms with Crippen LogP contribution < -0.4 is 24.8 Å². The van der Waals surface area contributed by atoms with E-state index in [4.69, 9.17) is 20.6 Å². The molecule has 3 rings (SSSR count). The summed E-state index contributed by atoms with van der Waals surface area (Å²) in [5.41, 5.74) is 2.23. The molecule has 0 aromatic heterocycles. The summed E-state index contributed by atoms with van der Waals surface area (Å²) in [5.74, 6) is 3.96. The quantitative estimate of drug-likeness (QED) is 0.445. The first kappa shape index (κ1) is 21.9. The van der Waals surface area contributed by atoms with Crippen LogP contribution in [0.15, 0.2) is 39.7 Å². The molecule has 1 heterocycles. The number of ether oxygens (including phenoxy) is 3. The maximum absolute atomic E-state index is 12.6. The van der Waals surface area contributed by atoms with Gasteiger partial charge >= 0.3 is 0 Å². The predicted octanol–water partition coefficient (Wildman–Crippen LogP) is 4.39. The first-order chi connectivity index (χ1) is 14.4. The molecule has 0 radical (unpaired) electrons. The van der Waals surface area contributed by atoms with Crippen molar-refractivity contribution in [2.24, 2.45) is 0 Å². The summed E-state index contributed by atoms with van der Waals surface area (Å²) in [4.78, 5) is 13.1. The summed E-state index contributed by atoms with van der Waals surface area (Å²) in [5, 5.41) is 6.23. The fourth-order valence-corrected chi connectivity index (χ4v) is 4.32. The molecule has 8 heteroatoms. The van der Waals surface area contributed by atoms with Crippen LogP contribution in [-0.4, -0.2) is 32.2 Å². The van der Waals surface area contributed by atoms with Crippen molar-refractivity contribution in [1.29, 1.82) is 0 Å². The van der Waals surface area contributed by atoms with Crippen LogP contribution in [0.2, 0.25) is 0 Å². The Labute approximate surface area is 188 Å². The number of terminal acetylenes is 1. The second-order valence-electron chi connectivity index (χ2n) is 6.35. The first-order valence-corrected chi connectivity index (χ1v) is 10.7. The molecule has 0 bridgehead atoms. The standard InChI is InChI=1S/C22H21BrN2O4S/c1-5-8-29-20-14(10-15(23)12-18(20)28-4)11-19-21(26)25-22(30-19)24-16-9-13(2)6-7-17(16)27-3/h1,6-7,9-12,22,24H,8H2,2-4H3,(H,25,26)/b19-11-. The molecule has 2 N–H and O–H groups in total. The molecular weight excluding hydrogens is 468 g/mol. The van der Waals surface area contributed by atoms with Crippen LogP contribution in [0, 0.1) is 19.3 Å². The maximum Gasteiger partial charge on any atom is 0.260 e. The topological polar surface area (TPSA) is 68.8 Å². The van der Waals surface area contributed by atoms with E-state index >= 15 is 0 Å². The van der Waals surface area contributed by atoms with Crippen LogP contribution in [0.3, 0.4) is 0 Å². The highest BCUT2D eigenvalue weighted by Crippen LogP contribution is 2.39. The number of halogens is 1. The number of anilines is 1. The van der Waals surface area contributed by atoms with Gasteiger partial charge in [-0.2, -0.15) is 0 Å². The Balaban J connectivity index is 1.87. The number of thioether (sulfide) groups is 1. The lowest BCUT2D eigenvalue weighted by Crippen LogP contribution is -2.31. The Hall–Kier alpha value is -2.76. The van der Waals surface area contributed by atoms with Gasteiger partial charge in [0.15, 0.2) is 17.0 Å². The summed E-state index contributed by atoms with van der Waals surface area (Å²) in [7, 11) is 3.16. The van der Waals surface area contributed by atoms with Gasteiger partial charge in [0.25, 0.3) is 5.91 Å². The summed E-state index contributed by atoms with van der Waals surface area (Å²) in [6, 6.07) is 9.45. The molecule has 1 aliphatic heterocycles. The zero-order valence-electron chi connectivity index (χ0n) is 16.7. The van der Waals surface area contributed by atoms with E-state index in [1.807, 2.05) is 31.2 Å². The van der Waals surface area contributed by atoms with Gasteiger partial charge in [0.05, 0.1) is 24.8 Å². The van der Waals surface area contributed by atoms with Gasteiger partial charge in [0, 0.05) is 10.0 Å². The van der Waals surface area contributed by atoms with Gasteiger partial charge in [0.1, 0.15) is 12.4 Å². The monoisotopic (exact) mass is 488 g/mol. The summed E-state index contributed by atoms with van der Waals surface area (Å²) >= 11 is 4.83. The van der Waals surface area contributed by atoms with Gasteiger partial charge in [-0.15, -0.1) is 6.42 Å². The van der Waals surface area contributed by atoms with Crippen molar-refractivity contribution in [2.75, 3.05) is 26.1 Å². The summed E-state index contributed by atoms with van der Waals surface area (Å²) < 4.78 is 17.3. The van der Waals surface area contributed by atoms with Gasteiger partial charge in [-0.25, -0.2) is 0 Å². The number of carbonyl (C=O) groups is 1. The number of amides is 1. The van der Waals surface area contributed by atoms with Crippen molar-refractivity contribution >= 4 is 45.4 Å². The van der Waals surface area contributed by atoms with Gasteiger partial charge in [0.2, 0.25) is 0 Å². The molecule has 0 spiro atoms. The Morgan fingerprint density at radius 2 is 2.03 bits per heavy atom. The molecule has 1 atom stereocenters. The minimum absolute atomic E-state index is 0.0881. The normalized spacial score (nSPS) is 16.7. The number of carbonyl (C=O) groups excluding carboxylic acids is 1. The van der Waals surface area contributed by atoms with Crippen LogP contribution in [-0.2, 0) is 4.79 Å². The third-order valence-corrected chi connectivity index (χ3v) is 5.71. The van der Waals surface area contributed by atoms with E-state index in [9.17, 15) is 4.79 Å². The van der Waals surface area contributed by atoms with E-state index in [2.05, 4.69) is 32.5 Å². The molecule has 0 aliphatic carbocycles. The Morgan fingerprint density at radius 1 is 1.27 bits per heavy atom. The number of aryl methyl sites for hydroxylation is 1. The minimum Gasteiger partial charge on any atom is -0.495 e. The Kier molecular flexibility index (Phi) is 7.19. The largest absolute Gasteiger partial charge is 0.495 e. The molecular formula is C22H21BrN2O4S. The third kappa shape index (κ3) is 5.04. The zero-order chi connectivity index (χ0) is 21.7. The highest BCUT2D eigenvalue weighted by atomic mass is 79.9. The number of hydrogen-bond donors (Lipinski definition) is 2. The number of nitrogens with one attached hydrogen (secondary N) is 2. The highest BCUT2D eigenvalue weighted by molar-refractivity contribution is 9.10. The predicted molar refractivity (Wildman–Crippen MR) is 124 cm³/mol. The molecule has 6 nitrogen and oxygen atoms in total. The molecule has 1 unspecified atom stereocenters. The van der Waals surface area contributed by atoms with E-state index in [1.54, 1.807) is 26.4 Å². The molecule has 156 valence electrons. The lowest BCUT2D eigenvalue weighted by Gasteiger charge is -2.16. The smallest absolute Gasteiger partial charge is 0.260 e. The van der Waals surface area contributed by atoms with Crippen LogP contribution in [0.1, 0.15) is 11.1 Å².